The average molecular weight is 414 g/mol. The van der Waals surface area contributed by atoms with Crippen molar-refractivity contribution in [2.45, 2.75) is 25.7 Å². The molecule has 2 heterocycles. The van der Waals surface area contributed by atoms with Crippen LogP contribution in [0.5, 0.6) is 0 Å². The number of hydrogen-bond acceptors (Lipinski definition) is 4. The van der Waals surface area contributed by atoms with Crippen LogP contribution in [0.3, 0.4) is 0 Å². The first-order valence-corrected chi connectivity index (χ1v) is 10.6. The lowest BCUT2D eigenvalue weighted by Gasteiger charge is -2.22. The SMILES string of the molecule is O=C(/C=C/c1cccs1)NC(=S)Nc1ccccc1C(=O)N1CCCCCC1. The lowest BCUT2D eigenvalue weighted by molar-refractivity contribution is -0.115. The normalized spacial score (nSPS) is 14.5. The first-order chi connectivity index (χ1) is 13.6. The van der Waals surface area contributed by atoms with Gasteiger partial charge in [-0.3, -0.25) is 14.9 Å². The summed E-state index contributed by atoms with van der Waals surface area (Å²) < 4.78 is 0. The van der Waals surface area contributed by atoms with Crippen molar-refractivity contribution in [3.05, 3.63) is 58.3 Å². The molecule has 2 N–H and O–H groups in total. The molecule has 3 rings (SSSR count). The molecule has 0 radical (unpaired) electrons. The van der Waals surface area contributed by atoms with E-state index in [9.17, 15) is 9.59 Å². The van der Waals surface area contributed by atoms with Gasteiger partial charge in [0.25, 0.3) is 5.91 Å². The number of nitrogens with one attached hydrogen (secondary N) is 2. The number of amides is 2. The predicted molar refractivity (Wildman–Crippen MR) is 119 cm³/mol. The third-order valence-corrected chi connectivity index (χ3v) is 5.52. The summed E-state index contributed by atoms with van der Waals surface area (Å²) in [7, 11) is 0. The number of thiocarbonyl (C=S) groups is 1. The van der Waals surface area contributed by atoms with Crippen LogP contribution in [-0.4, -0.2) is 34.9 Å². The zero-order valence-corrected chi connectivity index (χ0v) is 17.2. The molecule has 1 aliphatic rings. The number of nitrogens with zero attached hydrogens (tertiary/aromatic N) is 1. The van der Waals surface area contributed by atoms with Gasteiger partial charge in [0.2, 0.25) is 5.91 Å². The summed E-state index contributed by atoms with van der Waals surface area (Å²) >= 11 is 6.80. The minimum Gasteiger partial charge on any atom is -0.339 e. The van der Waals surface area contributed by atoms with Gasteiger partial charge in [0.15, 0.2) is 5.11 Å². The Kier molecular flexibility index (Phi) is 7.33. The second-order valence-electron chi connectivity index (χ2n) is 6.54. The first-order valence-electron chi connectivity index (χ1n) is 9.35. The molecule has 2 amide bonds. The molecule has 28 heavy (non-hydrogen) atoms. The van der Waals surface area contributed by atoms with Gasteiger partial charge in [0.05, 0.1) is 11.3 Å². The number of hydrogen-bond donors (Lipinski definition) is 2. The molecular formula is C21H23N3O2S2. The van der Waals surface area contributed by atoms with Crippen LogP contribution in [0.15, 0.2) is 47.9 Å². The Labute approximate surface area is 174 Å². The molecule has 0 saturated carbocycles. The van der Waals surface area contributed by atoms with Gasteiger partial charge in [0, 0.05) is 24.0 Å². The number of para-hydroxylation sites is 1. The van der Waals surface area contributed by atoms with Gasteiger partial charge in [-0.2, -0.15) is 0 Å². The maximum Gasteiger partial charge on any atom is 0.255 e. The summed E-state index contributed by atoms with van der Waals surface area (Å²) in [6, 6.07) is 11.1. The average Bonchev–Trinajstić information content (AvgIpc) is 3.06. The van der Waals surface area contributed by atoms with Crippen molar-refractivity contribution < 1.29 is 9.59 Å². The van der Waals surface area contributed by atoms with Crippen LogP contribution in [0.4, 0.5) is 5.69 Å². The quantitative estimate of drug-likeness (QED) is 0.580. The van der Waals surface area contributed by atoms with Crippen LogP contribution < -0.4 is 10.6 Å². The molecule has 146 valence electrons. The lowest BCUT2D eigenvalue weighted by atomic mass is 10.1. The number of benzene rings is 1. The zero-order valence-electron chi connectivity index (χ0n) is 15.5. The fourth-order valence-corrected chi connectivity index (χ4v) is 3.90. The van der Waals surface area contributed by atoms with Crippen molar-refractivity contribution in [1.29, 1.82) is 0 Å². The van der Waals surface area contributed by atoms with Crippen LogP contribution in [0.25, 0.3) is 6.08 Å². The van der Waals surface area contributed by atoms with Crippen molar-refractivity contribution in [2.75, 3.05) is 18.4 Å². The first kappa shape index (κ1) is 20.2. The zero-order chi connectivity index (χ0) is 19.8. The highest BCUT2D eigenvalue weighted by Crippen LogP contribution is 2.20. The summed E-state index contributed by atoms with van der Waals surface area (Å²) in [5, 5.41) is 7.72. The topological polar surface area (TPSA) is 61.4 Å². The number of carbonyl (C=O) groups is 2. The van der Waals surface area contributed by atoms with Gasteiger partial charge < -0.3 is 10.2 Å². The van der Waals surface area contributed by atoms with Gasteiger partial charge in [-0.15, -0.1) is 11.3 Å². The molecule has 0 bridgehead atoms. The number of anilines is 1. The van der Waals surface area contributed by atoms with Crippen molar-refractivity contribution in [2.24, 2.45) is 0 Å². The third-order valence-electron chi connectivity index (χ3n) is 4.48. The predicted octanol–water partition coefficient (Wildman–Crippen LogP) is 4.29. The fraction of sp³-hybridized carbons (Fsp3) is 0.286. The standard InChI is InChI=1S/C21H23N3O2S2/c25-19(12-11-16-8-7-15-28-16)23-21(27)22-18-10-4-3-9-17(18)20(26)24-13-5-1-2-6-14-24/h3-4,7-12,15H,1-2,5-6,13-14H2,(H2,22,23,25,27)/b12-11+. The minimum absolute atomic E-state index is 0.00304. The Hall–Kier alpha value is -2.51. The van der Waals surface area contributed by atoms with Crippen LogP contribution in [0, 0.1) is 0 Å². The van der Waals surface area contributed by atoms with Gasteiger partial charge in [0.1, 0.15) is 0 Å². The van der Waals surface area contributed by atoms with E-state index in [0.717, 1.165) is 30.8 Å². The summed E-state index contributed by atoms with van der Waals surface area (Å²) in [6.45, 7) is 1.56. The third kappa shape index (κ3) is 5.74. The van der Waals surface area contributed by atoms with Gasteiger partial charge in [-0.25, -0.2) is 0 Å². The van der Waals surface area contributed by atoms with Crippen LogP contribution in [0.2, 0.25) is 0 Å². The van der Waals surface area contributed by atoms with E-state index in [1.54, 1.807) is 29.5 Å². The molecule has 0 spiro atoms. The van der Waals surface area contributed by atoms with Gasteiger partial charge in [-0.05, 0) is 54.7 Å². The van der Waals surface area contributed by atoms with Crippen molar-refractivity contribution >= 4 is 52.2 Å². The molecule has 2 aromatic rings. The number of carbonyl (C=O) groups excluding carboxylic acids is 2. The molecule has 0 aliphatic carbocycles. The Morgan fingerprint density at radius 2 is 1.79 bits per heavy atom. The summed E-state index contributed by atoms with van der Waals surface area (Å²) in [6.07, 6.45) is 7.57. The van der Waals surface area contributed by atoms with E-state index in [0.29, 0.717) is 11.3 Å². The lowest BCUT2D eigenvalue weighted by Crippen LogP contribution is -2.35. The molecule has 0 atom stereocenters. The Bertz CT molecular complexity index is 854. The largest absolute Gasteiger partial charge is 0.339 e. The molecule has 5 nitrogen and oxygen atoms in total. The van der Waals surface area contributed by atoms with Crippen molar-refractivity contribution in [1.82, 2.24) is 10.2 Å². The van der Waals surface area contributed by atoms with E-state index in [1.807, 2.05) is 34.5 Å². The van der Waals surface area contributed by atoms with E-state index < -0.39 is 0 Å². The number of rotatable bonds is 4. The number of thiophene rings is 1. The van der Waals surface area contributed by atoms with Crippen molar-refractivity contribution in [3.8, 4) is 0 Å². The van der Waals surface area contributed by atoms with Crippen LogP contribution in [0.1, 0.15) is 40.9 Å². The highest BCUT2D eigenvalue weighted by atomic mass is 32.1. The molecule has 1 saturated heterocycles. The highest BCUT2D eigenvalue weighted by Gasteiger charge is 2.20. The van der Waals surface area contributed by atoms with E-state index in [2.05, 4.69) is 10.6 Å². The van der Waals surface area contributed by atoms with Gasteiger partial charge in [-0.1, -0.05) is 31.0 Å². The maximum absolute atomic E-state index is 13.0. The van der Waals surface area contributed by atoms with Crippen molar-refractivity contribution in [3.63, 3.8) is 0 Å². The Morgan fingerprint density at radius 3 is 2.50 bits per heavy atom. The number of likely N-dealkylation sites (tertiary alicyclic amines) is 1. The Morgan fingerprint density at radius 1 is 1.04 bits per heavy atom. The molecule has 1 aromatic heterocycles. The molecule has 1 fully saturated rings. The monoisotopic (exact) mass is 413 g/mol. The fourth-order valence-electron chi connectivity index (χ4n) is 3.07. The van der Waals surface area contributed by atoms with E-state index in [-0.39, 0.29) is 16.9 Å². The van der Waals surface area contributed by atoms with E-state index >= 15 is 0 Å². The smallest absolute Gasteiger partial charge is 0.255 e. The maximum atomic E-state index is 13.0. The van der Waals surface area contributed by atoms with Crippen LogP contribution >= 0.6 is 23.6 Å². The summed E-state index contributed by atoms with van der Waals surface area (Å²) in [5.74, 6) is -0.320. The van der Waals surface area contributed by atoms with E-state index in [1.165, 1.54) is 18.9 Å². The van der Waals surface area contributed by atoms with Crippen LogP contribution in [-0.2, 0) is 4.79 Å². The molecule has 0 unspecified atom stereocenters. The molecule has 7 heteroatoms. The second-order valence-corrected chi connectivity index (χ2v) is 7.93. The minimum atomic E-state index is -0.317. The van der Waals surface area contributed by atoms with E-state index in [4.69, 9.17) is 12.2 Å². The molecule has 1 aliphatic heterocycles. The second kappa shape index (κ2) is 10.1. The highest BCUT2D eigenvalue weighted by molar-refractivity contribution is 7.80. The summed E-state index contributed by atoms with van der Waals surface area (Å²) in [4.78, 5) is 27.9. The Balaban J connectivity index is 1.63. The van der Waals surface area contributed by atoms with Gasteiger partial charge >= 0.3 is 0 Å². The molecular weight excluding hydrogens is 390 g/mol. The molecule has 1 aromatic carbocycles. The summed E-state index contributed by atoms with van der Waals surface area (Å²) in [5.41, 5.74) is 1.17.